The fourth-order valence-corrected chi connectivity index (χ4v) is 3.05. The van der Waals surface area contributed by atoms with E-state index < -0.39 is 0 Å². The predicted octanol–water partition coefficient (Wildman–Crippen LogP) is 4.17. The number of pyridine rings is 1. The summed E-state index contributed by atoms with van der Waals surface area (Å²) in [7, 11) is 0. The van der Waals surface area contributed by atoms with Crippen molar-refractivity contribution in [1.82, 2.24) is 4.98 Å². The minimum absolute atomic E-state index is 0.109. The third kappa shape index (κ3) is 4.22. The molecule has 2 aromatic rings. The second-order valence-electron chi connectivity index (χ2n) is 6.04. The average Bonchev–Trinajstić information content (AvgIpc) is 2.57. The Morgan fingerprint density at radius 3 is 2.48 bits per heavy atom. The van der Waals surface area contributed by atoms with Gasteiger partial charge in [-0.25, -0.2) is 4.98 Å². The Morgan fingerprint density at radius 1 is 1.17 bits per heavy atom. The summed E-state index contributed by atoms with van der Waals surface area (Å²) in [5, 5.41) is 2.89. The molecular formula is C18H20IN3O. The highest BCUT2D eigenvalue weighted by Crippen LogP contribution is 2.22. The zero-order valence-corrected chi connectivity index (χ0v) is 15.3. The number of carbonyl (C=O) groups is 1. The van der Waals surface area contributed by atoms with Gasteiger partial charge in [-0.05, 0) is 77.7 Å². The van der Waals surface area contributed by atoms with Crippen molar-refractivity contribution in [2.24, 2.45) is 5.92 Å². The topological polar surface area (TPSA) is 45.2 Å². The van der Waals surface area contributed by atoms with E-state index in [1.165, 1.54) is 12.8 Å². The largest absolute Gasteiger partial charge is 0.357 e. The van der Waals surface area contributed by atoms with Gasteiger partial charge in [-0.3, -0.25) is 4.79 Å². The highest BCUT2D eigenvalue weighted by atomic mass is 127. The van der Waals surface area contributed by atoms with E-state index in [0.29, 0.717) is 5.56 Å². The molecule has 3 rings (SSSR count). The summed E-state index contributed by atoms with van der Waals surface area (Å²) < 4.78 is 1.11. The second-order valence-corrected chi connectivity index (χ2v) is 7.28. The van der Waals surface area contributed by atoms with Gasteiger partial charge >= 0.3 is 0 Å². The molecule has 1 saturated heterocycles. The molecule has 23 heavy (non-hydrogen) atoms. The van der Waals surface area contributed by atoms with E-state index in [1.807, 2.05) is 36.4 Å². The molecule has 5 heteroatoms. The molecule has 0 saturated carbocycles. The lowest BCUT2D eigenvalue weighted by Crippen LogP contribution is -2.33. The summed E-state index contributed by atoms with van der Waals surface area (Å²) in [6.45, 7) is 4.42. The average molecular weight is 421 g/mol. The Kier molecular flexibility index (Phi) is 5.15. The lowest BCUT2D eigenvalue weighted by molar-refractivity contribution is 0.102. The van der Waals surface area contributed by atoms with Gasteiger partial charge in [0.15, 0.2) is 0 Å². The number of piperidine rings is 1. The first-order valence-corrected chi connectivity index (χ1v) is 8.97. The van der Waals surface area contributed by atoms with Crippen molar-refractivity contribution in [3.05, 3.63) is 51.7 Å². The number of benzene rings is 1. The SMILES string of the molecule is CC1CCN(c2ccc(NC(=O)c3ccc(I)cc3)cn2)CC1. The molecule has 1 aromatic heterocycles. The van der Waals surface area contributed by atoms with E-state index in [2.05, 4.69) is 44.7 Å². The van der Waals surface area contributed by atoms with Crippen LogP contribution in [0.3, 0.4) is 0 Å². The lowest BCUT2D eigenvalue weighted by Gasteiger charge is -2.31. The molecule has 0 atom stereocenters. The first-order valence-electron chi connectivity index (χ1n) is 7.90. The van der Waals surface area contributed by atoms with Gasteiger partial charge in [0.25, 0.3) is 5.91 Å². The van der Waals surface area contributed by atoms with Crippen molar-refractivity contribution in [2.75, 3.05) is 23.3 Å². The number of halogens is 1. The van der Waals surface area contributed by atoms with Crippen LogP contribution >= 0.6 is 22.6 Å². The van der Waals surface area contributed by atoms with Crippen molar-refractivity contribution < 1.29 is 4.79 Å². The predicted molar refractivity (Wildman–Crippen MR) is 102 cm³/mol. The fraction of sp³-hybridized carbons (Fsp3) is 0.333. The number of anilines is 2. The molecule has 0 bridgehead atoms. The zero-order chi connectivity index (χ0) is 16.2. The normalized spacial score (nSPS) is 15.5. The van der Waals surface area contributed by atoms with Gasteiger partial charge in [-0.2, -0.15) is 0 Å². The molecule has 120 valence electrons. The summed E-state index contributed by atoms with van der Waals surface area (Å²) in [6, 6.07) is 11.4. The maximum atomic E-state index is 12.2. The number of nitrogens with one attached hydrogen (secondary N) is 1. The van der Waals surface area contributed by atoms with Gasteiger partial charge in [0.05, 0.1) is 11.9 Å². The minimum Gasteiger partial charge on any atom is -0.357 e. The van der Waals surface area contributed by atoms with Crippen molar-refractivity contribution in [3.63, 3.8) is 0 Å². The van der Waals surface area contributed by atoms with Crippen LogP contribution in [0.4, 0.5) is 11.5 Å². The number of hydrogen-bond donors (Lipinski definition) is 1. The van der Waals surface area contributed by atoms with Crippen LogP contribution in [0.2, 0.25) is 0 Å². The number of hydrogen-bond acceptors (Lipinski definition) is 3. The molecule has 1 aliphatic heterocycles. The Hall–Kier alpha value is -1.63. The van der Waals surface area contributed by atoms with Crippen molar-refractivity contribution in [3.8, 4) is 0 Å². The summed E-state index contributed by atoms with van der Waals surface area (Å²) in [5.74, 6) is 1.69. The van der Waals surface area contributed by atoms with E-state index in [9.17, 15) is 4.79 Å². The van der Waals surface area contributed by atoms with Crippen LogP contribution in [0.5, 0.6) is 0 Å². The number of nitrogens with zero attached hydrogens (tertiary/aromatic N) is 2. The second kappa shape index (κ2) is 7.29. The van der Waals surface area contributed by atoms with Gasteiger partial charge in [-0.15, -0.1) is 0 Å². The molecule has 0 unspecified atom stereocenters. The summed E-state index contributed by atoms with van der Waals surface area (Å²) in [5.41, 5.74) is 1.38. The molecule has 4 nitrogen and oxygen atoms in total. The number of carbonyl (C=O) groups excluding carboxylic acids is 1. The molecule has 0 radical (unpaired) electrons. The fourth-order valence-electron chi connectivity index (χ4n) is 2.69. The van der Waals surface area contributed by atoms with Crippen LogP contribution in [-0.2, 0) is 0 Å². The van der Waals surface area contributed by atoms with Crippen molar-refractivity contribution in [1.29, 1.82) is 0 Å². The summed E-state index contributed by atoms with van der Waals surface area (Å²) in [4.78, 5) is 19.0. The van der Waals surface area contributed by atoms with Gasteiger partial charge in [0.2, 0.25) is 0 Å². The van der Waals surface area contributed by atoms with Crippen molar-refractivity contribution >= 4 is 40.0 Å². The standard InChI is InChI=1S/C18H20IN3O/c1-13-8-10-22(11-9-13)17-7-6-16(12-20-17)21-18(23)14-2-4-15(19)5-3-14/h2-7,12-13H,8-11H2,1H3,(H,21,23). The summed E-state index contributed by atoms with van der Waals surface area (Å²) >= 11 is 2.22. The highest BCUT2D eigenvalue weighted by molar-refractivity contribution is 14.1. The van der Waals surface area contributed by atoms with Crippen LogP contribution in [-0.4, -0.2) is 24.0 Å². The Labute approximate surface area is 150 Å². The van der Waals surface area contributed by atoms with Gasteiger partial charge in [-0.1, -0.05) is 6.92 Å². The molecule has 1 aromatic carbocycles. The van der Waals surface area contributed by atoms with Crippen LogP contribution in [0, 0.1) is 9.49 Å². The number of rotatable bonds is 3. The van der Waals surface area contributed by atoms with Crippen LogP contribution < -0.4 is 10.2 Å². The Morgan fingerprint density at radius 2 is 1.87 bits per heavy atom. The first-order chi connectivity index (χ1) is 11.1. The highest BCUT2D eigenvalue weighted by Gasteiger charge is 2.16. The smallest absolute Gasteiger partial charge is 0.255 e. The quantitative estimate of drug-likeness (QED) is 0.757. The zero-order valence-electron chi connectivity index (χ0n) is 13.1. The lowest BCUT2D eigenvalue weighted by atomic mass is 9.99. The molecule has 1 N–H and O–H groups in total. The molecular weight excluding hydrogens is 401 g/mol. The van der Waals surface area contributed by atoms with Gasteiger partial charge < -0.3 is 10.2 Å². The molecule has 0 aliphatic carbocycles. The van der Waals surface area contributed by atoms with Crippen LogP contribution in [0.25, 0.3) is 0 Å². The molecule has 1 fully saturated rings. The van der Waals surface area contributed by atoms with E-state index in [0.717, 1.165) is 34.1 Å². The van der Waals surface area contributed by atoms with E-state index in [4.69, 9.17) is 0 Å². The molecule has 0 spiro atoms. The third-order valence-electron chi connectivity index (χ3n) is 4.22. The minimum atomic E-state index is -0.109. The maximum Gasteiger partial charge on any atom is 0.255 e. The van der Waals surface area contributed by atoms with Crippen LogP contribution in [0.15, 0.2) is 42.6 Å². The molecule has 1 amide bonds. The maximum absolute atomic E-state index is 12.2. The molecule has 1 aliphatic rings. The van der Waals surface area contributed by atoms with E-state index in [1.54, 1.807) is 6.20 Å². The summed E-state index contributed by atoms with van der Waals surface area (Å²) in [6.07, 6.45) is 4.16. The Bertz CT molecular complexity index is 662. The number of aromatic nitrogens is 1. The van der Waals surface area contributed by atoms with Gasteiger partial charge in [0, 0.05) is 22.2 Å². The van der Waals surface area contributed by atoms with E-state index in [-0.39, 0.29) is 5.91 Å². The van der Waals surface area contributed by atoms with Crippen LogP contribution in [0.1, 0.15) is 30.1 Å². The monoisotopic (exact) mass is 421 g/mol. The first kappa shape index (κ1) is 16.2. The van der Waals surface area contributed by atoms with E-state index >= 15 is 0 Å². The molecule has 2 heterocycles. The Balaban J connectivity index is 1.63. The number of amides is 1. The van der Waals surface area contributed by atoms with Crippen molar-refractivity contribution in [2.45, 2.75) is 19.8 Å². The van der Waals surface area contributed by atoms with Gasteiger partial charge in [0.1, 0.15) is 5.82 Å². The third-order valence-corrected chi connectivity index (χ3v) is 4.94.